The van der Waals surface area contributed by atoms with Gasteiger partial charge in [-0.05, 0) is 52.4 Å². The fourth-order valence-electron chi connectivity index (χ4n) is 4.35. The third-order valence-electron chi connectivity index (χ3n) is 5.86. The molecule has 1 aliphatic carbocycles. The van der Waals surface area contributed by atoms with Crippen LogP contribution in [0.2, 0.25) is 0 Å². The Kier molecular flexibility index (Phi) is 9.84. The monoisotopic (exact) mass is 434 g/mol. The van der Waals surface area contributed by atoms with Crippen LogP contribution in [0.25, 0.3) is 0 Å². The Morgan fingerprint density at radius 3 is 2.42 bits per heavy atom. The summed E-state index contributed by atoms with van der Waals surface area (Å²) in [6.45, 7) is 7.84. The highest BCUT2D eigenvalue weighted by Gasteiger charge is 2.37. The van der Waals surface area contributed by atoms with Gasteiger partial charge >= 0.3 is 0 Å². The average molecular weight is 435 g/mol. The summed E-state index contributed by atoms with van der Waals surface area (Å²) in [5.41, 5.74) is 1.85. The third-order valence-corrected chi connectivity index (χ3v) is 5.86. The van der Waals surface area contributed by atoms with E-state index in [1.165, 1.54) is 6.33 Å². The molecule has 1 saturated carbocycles. The quantitative estimate of drug-likeness (QED) is 0.658. The van der Waals surface area contributed by atoms with Crippen LogP contribution in [-0.4, -0.2) is 70.1 Å². The molecule has 3 rings (SSSR count). The zero-order valence-electron chi connectivity index (χ0n) is 18.7. The number of carbonyl (C=O) groups excluding carboxylic acids is 2. The lowest BCUT2D eigenvalue weighted by Gasteiger charge is -2.37. The van der Waals surface area contributed by atoms with Crippen LogP contribution in [0.1, 0.15) is 67.2 Å². The van der Waals surface area contributed by atoms with Crippen molar-refractivity contribution in [3.05, 3.63) is 23.3 Å². The van der Waals surface area contributed by atoms with Crippen LogP contribution in [0, 0.1) is 19.8 Å². The molecule has 31 heavy (non-hydrogen) atoms. The molecule has 1 aliphatic heterocycles. The first-order chi connectivity index (χ1) is 14.9. The standard InChI is InChI=1S/C21H32N4O3.CH2O2/c1-4-11-28-18-8-7-16(21(27)25-9-5-6-10-25)12-17(18)24-20(26)19-14(2)22-13-23-15(19)3;2-1-3/h13,16-18H,4-12H2,1-3H3,(H,24,26);1H,(H,2,3)/t16-,17+,18+;/m0./s1. The van der Waals surface area contributed by atoms with Crippen LogP contribution in [0.3, 0.4) is 0 Å². The molecule has 1 aromatic heterocycles. The summed E-state index contributed by atoms with van der Waals surface area (Å²) >= 11 is 0. The maximum atomic E-state index is 13.0. The number of rotatable bonds is 6. The molecule has 2 N–H and O–H groups in total. The fraction of sp³-hybridized carbons (Fsp3) is 0.682. The molecule has 0 bridgehead atoms. The van der Waals surface area contributed by atoms with E-state index in [4.69, 9.17) is 14.6 Å². The molecule has 2 heterocycles. The van der Waals surface area contributed by atoms with Gasteiger partial charge in [0.25, 0.3) is 12.4 Å². The molecule has 1 aromatic rings. The van der Waals surface area contributed by atoms with E-state index < -0.39 is 0 Å². The molecule has 172 valence electrons. The van der Waals surface area contributed by atoms with Gasteiger partial charge in [-0.25, -0.2) is 9.97 Å². The second-order valence-corrected chi connectivity index (χ2v) is 8.06. The number of carboxylic acid groups (broad SMARTS) is 1. The molecular weight excluding hydrogens is 400 g/mol. The Balaban J connectivity index is 0.00000107. The predicted octanol–water partition coefficient (Wildman–Crippen LogP) is 2.11. The number of aromatic nitrogens is 2. The summed E-state index contributed by atoms with van der Waals surface area (Å²) in [4.78, 5) is 44.5. The molecule has 0 radical (unpaired) electrons. The lowest BCUT2D eigenvalue weighted by atomic mass is 9.82. The zero-order chi connectivity index (χ0) is 22.8. The van der Waals surface area contributed by atoms with Crippen molar-refractivity contribution in [3.63, 3.8) is 0 Å². The summed E-state index contributed by atoms with van der Waals surface area (Å²) in [7, 11) is 0. The maximum absolute atomic E-state index is 13.0. The highest BCUT2D eigenvalue weighted by atomic mass is 16.5. The van der Waals surface area contributed by atoms with Crippen molar-refractivity contribution in [1.29, 1.82) is 0 Å². The fourth-order valence-corrected chi connectivity index (χ4v) is 4.35. The lowest BCUT2D eigenvalue weighted by Crippen LogP contribution is -2.51. The lowest BCUT2D eigenvalue weighted by molar-refractivity contribution is -0.137. The number of likely N-dealkylation sites (tertiary alicyclic amines) is 1. The second kappa shape index (κ2) is 12.3. The molecule has 0 unspecified atom stereocenters. The first kappa shape index (κ1) is 24.7. The molecule has 9 heteroatoms. The molecule has 1 saturated heterocycles. The van der Waals surface area contributed by atoms with Gasteiger partial charge in [-0.15, -0.1) is 0 Å². The minimum absolute atomic E-state index is 0.0425. The topological polar surface area (TPSA) is 122 Å². The van der Waals surface area contributed by atoms with E-state index >= 15 is 0 Å². The van der Waals surface area contributed by atoms with Gasteiger partial charge in [0.05, 0.1) is 29.1 Å². The Labute approximate surface area is 183 Å². The third kappa shape index (κ3) is 6.72. The van der Waals surface area contributed by atoms with E-state index in [1.54, 1.807) is 0 Å². The zero-order valence-corrected chi connectivity index (χ0v) is 18.7. The van der Waals surface area contributed by atoms with Gasteiger partial charge in [0.15, 0.2) is 0 Å². The van der Waals surface area contributed by atoms with E-state index in [0.717, 1.165) is 45.2 Å². The van der Waals surface area contributed by atoms with E-state index in [2.05, 4.69) is 22.2 Å². The van der Waals surface area contributed by atoms with Crippen LogP contribution < -0.4 is 5.32 Å². The number of carbonyl (C=O) groups is 3. The Morgan fingerprint density at radius 2 is 1.84 bits per heavy atom. The second-order valence-electron chi connectivity index (χ2n) is 8.06. The normalized spacial score (nSPS) is 22.9. The smallest absolute Gasteiger partial charge is 0.290 e. The first-order valence-corrected chi connectivity index (χ1v) is 11.0. The van der Waals surface area contributed by atoms with Crippen molar-refractivity contribution < 1.29 is 24.2 Å². The van der Waals surface area contributed by atoms with Gasteiger partial charge < -0.3 is 20.1 Å². The Morgan fingerprint density at radius 1 is 1.23 bits per heavy atom. The number of aryl methyl sites for hydroxylation is 2. The van der Waals surface area contributed by atoms with Gasteiger partial charge in [-0.3, -0.25) is 14.4 Å². The van der Waals surface area contributed by atoms with Crippen molar-refractivity contribution in [3.8, 4) is 0 Å². The number of hydrogen-bond donors (Lipinski definition) is 2. The highest BCUT2D eigenvalue weighted by Crippen LogP contribution is 2.30. The molecule has 9 nitrogen and oxygen atoms in total. The minimum atomic E-state index is -0.250. The Bertz CT molecular complexity index is 731. The number of amides is 2. The van der Waals surface area contributed by atoms with E-state index in [-0.39, 0.29) is 36.4 Å². The van der Waals surface area contributed by atoms with Crippen molar-refractivity contribution in [2.75, 3.05) is 19.7 Å². The largest absolute Gasteiger partial charge is 0.483 e. The summed E-state index contributed by atoms with van der Waals surface area (Å²) in [5, 5.41) is 10.0. The van der Waals surface area contributed by atoms with Crippen molar-refractivity contribution in [2.24, 2.45) is 5.92 Å². The van der Waals surface area contributed by atoms with E-state index in [1.807, 2.05) is 18.7 Å². The summed E-state index contributed by atoms with van der Waals surface area (Å²) in [6.07, 6.45) is 6.76. The van der Waals surface area contributed by atoms with Crippen molar-refractivity contribution in [1.82, 2.24) is 20.2 Å². The Hall–Kier alpha value is -2.55. The van der Waals surface area contributed by atoms with E-state index in [9.17, 15) is 9.59 Å². The molecule has 0 aromatic carbocycles. The van der Waals surface area contributed by atoms with Gasteiger partial charge in [0.2, 0.25) is 5.91 Å². The minimum Gasteiger partial charge on any atom is -0.483 e. The van der Waals surface area contributed by atoms with Gasteiger partial charge in [-0.1, -0.05) is 6.92 Å². The molecule has 2 amide bonds. The molecular formula is C22H34N4O5. The van der Waals surface area contributed by atoms with Crippen LogP contribution in [0.5, 0.6) is 0 Å². The summed E-state index contributed by atoms with van der Waals surface area (Å²) in [5.74, 6) is 0.0140. The summed E-state index contributed by atoms with van der Waals surface area (Å²) < 4.78 is 6.02. The van der Waals surface area contributed by atoms with Gasteiger partial charge in [0, 0.05) is 25.6 Å². The molecule has 2 fully saturated rings. The molecule has 0 spiro atoms. The van der Waals surface area contributed by atoms with Crippen LogP contribution in [-0.2, 0) is 14.3 Å². The summed E-state index contributed by atoms with van der Waals surface area (Å²) in [6, 6.07) is -0.177. The molecule has 3 atom stereocenters. The van der Waals surface area contributed by atoms with Gasteiger partial charge in [-0.2, -0.15) is 0 Å². The van der Waals surface area contributed by atoms with E-state index in [0.29, 0.717) is 30.0 Å². The number of nitrogens with one attached hydrogen (secondary N) is 1. The van der Waals surface area contributed by atoms with Crippen molar-refractivity contribution in [2.45, 2.75) is 71.4 Å². The SMILES string of the molecule is CCCO[C@@H]1CC[C@H](C(=O)N2CCCC2)C[C@H]1NC(=O)c1c(C)ncnc1C.O=CO. The average Bonchev–Trinajstić information content (AvgIpc) is 3.27. The van der Waals surface area contributed by atoms with Crippen LogP contribution >= 0.6 is 0 Å². The number of hydrogen-bond acceptors (Lipinski definition) is 6. The van der Waals surface area contributed by atoms with Crippen LogP contribution in [0.4, 0.5) is 0 Å². The number of nitrogens with zero attached hydrogens (tertiary/aromatic N) is 3. The van der Waals surface area contributed by atoms with Gasteiger partial charge in [0.1, 0.15) is 6.33 Å². The van der Waals surface area contributed by atoms with Crippen LogP contribution in [0.15, 0.2) is 6.33 Å². The first-order valence-electron chi connectivity index (χ1n) is 11.0. The predicted molar refractivity (Wildman–Crippen MR) is 115 cm³/mol. The highest BCUT2D eigenvalue weighted by molar-refractivity contribution is 5.96. The van der Waals surface area contributed by atoms with Crippen molar-refractivity contribution >= 4 is 18.3 Å². The number of ether oxygens (including phenoxy) is 1. The molecule has 2 aliphatic rings. The maximum Gasteiger partial charge on any atom is 0.290 e.